The van der Waals surface area contributed by atoms with E-state index in [1.165, 1.54) is 4.31 Å². The highest BCUT2D eigenvalue weighted by Gasteiger charge is 2.34. The third kappa shape index (κ3) is 2.92. The quantitative estimate of drug-likeness (QED) is 0.853. The van der Waals surface area contributed by atoms with Gasteiger partial charge in [-0.1, -0.05) is 36.4 Å². The van der Waals surface area contributed by atoms with E-state index < -0.39 is 16.1 Å². The highest BCUT2D eigenvalue weighted by molar-refractivity contribution is 7.92. The molecule has 6 heteroatoms. The molecule has 1 aliphatic rings. The molecular weight excluding hydrogens is 324 g/mol. The molecule has 0 radical (unpaired) electrons. The molecule has 0 aliphatic carbocycles. The molecule has 128 valence electrons. The fourth-order valence-corrected chi connectivity index (χ4v) is 4.35. The maximum atomic E-state index is 13.0. The zero-order chi connectivity index (χ0) is 17.3. The van der Waals surface area contributed by atoms with Crippen molar-refractivity contribution in [3.05, 3.63) is 59.7 Å². The van der Waals surface area contributed by atoms with Crippen LogP contribution in [0.15, 0.2) is 53.4 Å². The lowest BCUT2D eigenvalue weighted by Gasteiger charge is -2.22. The molecule has 5 nitrogen and oxygen atoms in total. The number of benzene rings is 2. The van der Waals surface area contributed by atoms with Crippen molar-refractivity contribution in [1.29, 1.82) is 0 Å². The molecule has 1 heterocycles. The fraction of sp³-hybridized carbons (Fsp3) is 0.333. The molecule has 1 atom stereocenters. The van der Waals surface area contributed by atoms with Crippen molar-refractivity contribution in [1.82, 2.24) is 4.90 Å². The van der Waals surface area contributed by atoms with Gasteiger partial charge in [0.2, 0.25) is 0 Å². The van der Waals surface area contributed by atoms with Gasteiger partial charge in [0.1, 0.15) is 6.10 Å². The summed E-state index contributed by atoms with van der Waals surface area (Å²) in [5.74, 6) is 0. The van der Waals surface area contributed by atoms with Gasteiger partial charge in [-0.3, -0.25) is 4.31 Å². The van der Waals surface area contributed by atoms with Gasteiger partial charge in [0.15, 0.2) is 0 Å². The number of ether oxygens (including phenoxy) is 1. The van der Waals surface area contributed by atoms with Crippen LogP contribution in [0.2, 0.25) is 0 Å². The predicted octanol–water partition coefficient (Wildman–Crippen LogP) is 2.49. The Kier molecular flexibility index (Phi) is 4.62. The minimum atomic E-state index is -3.60. The molecule has 3 rings (SSSR count). The zero-order valence-electron chi connectivity index (χ0n) is 14.1. The Morgan fingerprint density at radius 3 is 2.38 bits per heavy atom. The lowest BCUT2D eigenvalue weighted by molar-refractivity contribution is 0.0677. The first-order chi connectivity index (χ1) is 11.4. The molecule has 2 aromatic rings. The van der Waals surface area contributed by atoms with Crippen LogP contribution in [0.3, 0.4) is 0 Å². The van der Waals surface area contributed by atoms with Gasteiger partial charge >= 0.3 is 0 Å². The maximum absolute atomic E-state index is 13.0. The van der Waals surface area contributed by atoms with E-state index in [2.05, 4.69) is 0 Å². The van der Waals surface area contributed by atoms with Crippen LogP contribution in [0.4, 0.5) is 5.69 Å². The summed E-state index contributed by atoms with van der Waals surface area (Å²) < 4.78 is 33.4. The molecule has 0 N–H and O–H groups in total. The topological polar surface area (TPSA) is 49.9 Å². The minimum absolute atomic E-state index is 0.304. The summed E-state index contributed by atoms with van der Waals surface area (Å²) in [5.41, 5.74) is 2.21. The molecular formula is C18H22N2O3S. The highest BCUT2D eigenvalue weighted by Crippen LogP contribution is 2.41. The first-order valence-corrected chi connectivity index (χ1v) is 9.30. The van der Waals surface area contributed by atoms with Crippen LogP contribution in [0, 0.1) is 0 Å². The van der Waals surface area contributed by atoms with Crippen molar-refractivity contribution < 1.29 is 13.2 Å². The highest BCUT2D eigenvalue weighted by atomic mass is 32.2. The summed E-state index contributed by atoms with van der Waals surface area (Å²) in [6, 6.07) is 14.6. The predicted molar refractivity (Wildman–Crippen MR) is 94.8 cm³/mol. The van der Waals surface area contributed by atoms with E-state index in [1.807, 2.05) is 55.4 Å². The normalized spacial score (nSPS) is 18.8. The average molecular weight is 346 g/mol. The van der Waals surface area contributed by atoms with Crippen LogP contribution >= 0.6 is 0 Å². The van der Waals surface area contributed by atoms with Crippen LogP contribution in [0.5, 0.6) is 0 Å². The molecule has 0 bridgehead atoms. The number of sulfonamides is 1. The minimum Gasteiger partial charge on any atom is -0.367 e. The van der Waals surface area contributed by atoms with Crippen molar-refractivity contribution in [3.8, 4) is 0 Å². The molecule has 0 saturated carbocycles. The van der Waals surface area contributed by atoms with E-state index in [4.69, 9.17) is 4.74 Å². The smallest absolute Gasteiger partial charge is 0.264 e. The Morgan fingerprint density at radius 1 is 1.04 bits per heavy atom. The van der Waals surface area contributed by atoms with Crippen molar-refractivity contribution >= 4 is 15.7 Å². The first kappa shape index (κ1) is 17.0. The van der Waals surface area contributed by atoms with Crippen molar-refractivity contribution in [2.45, 2.75) is 11.0 Å². The van der Waals surface area contributed by atoms with Gasteiger partial charge in [-0.25, -0.2) is 8.42 Å². The third-order valence-corrected chi connectivity index (χ3v) is 6.07. The van der Waals surface area contributed by atoms with Crippen LogP contribution in [0.1, 0.15) is 17.2 Å². The van der Waals surface area contributed by atoms with Gasteiger partial charge in [-0.15, -0.1) is 0 Å². The number of anilines is 1. The van der Waals surface area contributed by atoms with Crippen LogP contribution < -0.4 is 4.31 Å². The first-order valence-electron chi connectivity index (χ1n) is 7.86. The van der Waals surface area contributed by atoms with Gasteiger partial charge in [0.05, 0.1) is 17.2 Å². The summed E-state index contributed by atoms with van der Waals surface area (Å²) in [7, 11) is 1.95. The summed E-state index contributed by atoms with van der Waals surface area (Å²) in [5, 5.41) is 0. The molecule has 0 aromatic heterocycles. The van der Waals surface area contributed by atoms with Crippen LogP contribution in [-0.4, -0.2) is 47.6 Å². The van der Waals surface area contributed by atoms with Crippen molar-refractivity contribution in [2.75, 3.05) is 38.6 Å². The third-order valence-electron chi connectivity index (χ3n) is 4.22. The second-order valence-corrected chi connectivity index (χ2v) is 8.06. The van der Waals surface area contributed by atoms with E-state index in [1.54, 1.807) is 19.2 Å². The Labute approximate surface area is 143 Å². The average Bonchev–Trinajstić information content (AvgIpc) is 2.63. The summed E-state index contributed by atoms with van der Waals surface area (Å²) in [6.07, 6.45) is -0.405. The van der Waals surface area contributed by atoms with Gasteiger partial charge in [-0.2, -0.15) is 0 Å². The zero-order valence-corrected chi connectivity index (χ0v) is 15.0. The molecule has 0 saturated heterocycles. The molecule has 0 amide bonds. The SMILES string of the molecule is CN(C)CCOC1c2ccccc2N(C)S(=O)(=O)c2ccccc21. The van der Waals surface area contributed by atoms with E-state index in [-0.39, 0.29) is 0 Å². The lowest BCUT2D eigenvalue weighted by Crippen LogP contribution is -2.26. The van der Waals surface area contributed by atoms with Gasteiger partial charge < -0.3 is 9.64 Å². The number of likely N-dealkylation sites (N-methyl/N-ethyl adjacent to an activating group) is 1. The van der Waals surface area contributed by atoms with Gasteiger partial charge in [0, 0.05) is 24.7 Å². The second kappa shape index (κ2) is 6.55. The number of para-hydroxylation sites is 1. The fourth-order valence-electron chi connectivity index (χ4n) is 2.91. The Hall–Kier alpha value is -1.89. The summed E-state index contributed by atoms with van der Waals surface area (Å²) in [4.78, 5) is 2.34. The van der Waals surface area contributed by atoms with E-state index in [9.17, 15) is 8.42 Å². The molecule has 0 spiro atoms. The molecule has 2 aromatic carbocycles. The number of hydrogen-bond donors (Lipinski definition) is 0. The molecule has 1 aliphatic heterocycles. The molecule has 0 fully saturated rings. The van der Waals surface area contributed by atoms with Gasteiger partial charge in [-0.05, 0) is 26.2 Å². The number of nitrogens with zero attached hydrogens (tertiary/aromatic N) is 2. The Balaban J connectivity index is 2.16. The maximum Gasteiger partial charge on any atom is 0.264 e. The van der Waals surface area contributed by atoms with E-state index in [0.29, 0.717) is 22.8 Å². The van der Waals surface area contributed by atoms with E-state index in [0.717, 1.165) is 12.1 Å². The van der Waals surface area contributed by atoms with Crippen molar-refractivity contribution in [3.63, 3.8) is 0 Å². The molecule has 24 heavy (non-hydrogen) atoms. The van der Waals surface area contributed by atoms with Crippen LogP contribution in [0.25, 0.3) is 0 Å². The van der Waals surface area contributed by atoms with Crippen molar-refractivity contribution in [2.24, 2.45) is 0 Å². The lowest BCUT2D eigenvalue weighted by atomic mass is 9.99. The Morgan fingerprint density at radius 2 is 1.67 bits per heavy atom. The standard InChI is InChI=1S/C18H22N2O3S/c1-19(2)12-13-23-18-14-8-4-6-10-16(14)20(3)24(21,22)17-11-7-5-9-15(17)18/h4-11,18H,12-13H2,1-3H3. The monoisotopic (exact) mass is 346 g/mol. The number of rotatable bonds is 4. The Bertz CT molecular complexity index is 834. The van der Waals surface area contributed by atoms with Gasteiger partial charge in [0.25, 0.3) is 10.0 Å². The summed E-state index contributed by atoms with van der Waals surface area (Å²) >= 11 is 0. The van der Waals surface area contributed by atoms with E-state index >= 15 is 0 Å². The van der Waals surface area contributed by atoms with Crippen LogP contribution in [-0.2, 0) is 14.8 Å². The number of fused-ring (bicyclic) bond motifs is 2. The summed E-state index contributed by atoms with van der Waals surface area (Å²) in [6.45, 7) is 1.29. The second-order valence-electron chi connectivity index (χ2n) is 6.12. The molecule has 1 unspecified atom stereocenters. The number of hydrogen-bond acceptors (Lipinski definition) is 4. The largest absolute Gasteiger partial charge is 0.367 e.